The average molecular weight is 540 g/mol. The van der Waals surface area contributed by atoms with Crippen molar-refractivity contribution in [2.45, 2.75) is 70.6 Å². The molecule has 2 aliphatic rings. The molecule has 0 aliphatic heterocycles. The molecule has 2 aromatic heterocycles. The van der Waals surface area contributed by atoms with Crippen molar-refractivity contribution >= 4 is 22.8 Å². The van der Waals surface area contributed by atoms with Crippen LogP contribution < -0.4 is 20.1 Å². The maximum absolute atomic E-state index is 14.6. The van der Waals surface area contributed by atoms with Gasteiger partial charge in [-0.3, -0.25) is 9.59 Å². The number of nitrogens with zero attached hydrogens (tertiary/aromatic N) is 2. The minimum Gasteiger partial charge on any atom is -0.494 e. The van der Waals surface area contributed by atoms with E-state index in [9.17, 15) is 19.1 Å². The maximum Gasteiger partial charge on any atom is 0.255 e. The number of hydrogen-bond acceptors (Lipinski definition) is 7. The SMILES string of the molecule is COc1cc(-c2ncnc3c(C(=O)N[C@H]4CC[C@H](NC(=O)[C@H](C)O)CC4)c(C)[nH]c23)c(OCC2CC2)cc1F. The Morgan fingerprint density at radius 2 is 1.79 bits per heavy atom. The summed E-state index contributed by atoms with van der Waals surface area (Å²) in [6.07, 6.45) is 5.35. The molecular weight excluding hydrogens is 505 g/mol. The van der Waals surface area contributed by atoms with Gasteiger partial charge in [-0.1, -0.05) is 0 Å². The number of aliphatic hydroxyl groups is 1. The van der Waals surface area contributed by atoms with E-state index in [0.29, 0.717) is 77.5 Å². The van der Waals surface area contributed by atoms with Gasteiger partial charge in [0.05, 0.1) is 24.8 Å². The largest absolute Gasteiger partial charge is 0.494 e. The number of fused-ring (bicyclic) bond motifs is 1. The molecule has 0 unspecified atom stereocenters. The number of aromatic amines is 1. The van der Waals surface area contributed by atoms with Crippen LogP contribution in [0.25, 0.3) is 22.3 Å². The molecule has 10 nitrogen and oxygen atoms in total. The van der Waals surface area contributed by atoms with Gasteiger partial charge in [0.15, 0.2) is 11.6 Å². The third kappa shape index (κ3) is 5.83. The number of methoxy groups -OCH3 is 1. The molecule has 208 valence electrons. The highest BCUT2D eigenvalue weighted by atomic mass is 19.1. The molecule has 2 saturated carbocycles. The Morgan fingerprint density at radius 1 is 1.10 bits per heavy atom. The Kier molecular flexibility index (Phi) is 7.69. The second kappa shape index (κ2) is 11.2. The highest BCUT2D eigenvalue weighted by Gasteiger charge is 2.28. The van der Waals surface area contributed by atoms with Gasteiger partial charge >= 0.3 is 0 Å². The van der Waals surface area contributed by atoms with E-state index in [-0.39, 0.29) is 29.6 Å². The summed E-state index contributed by atoms with van der Waals surface area (Å²) in [5, 5.41) is 15.4. The van der Waals surface area contributed by atoms with E-state index >= 15 is 0 Å². The van der Waals surface area contributed by atoms with E-state index in [2.05, 4.69) is 25.6 Å². The summed E-state index contributed by atoms with van der Waals surface area (Å²) in [5.41, 5.74) is 3.11. The van der Waals surface area contributed by atoms with Crippen LogP contribution in [0.1, 0.15) is 61.5 Å². The molecule has 2 aliphatic carbocycles. The lowest BCUT2D eigenvalue weighted by molar-refractivity contribution is -0.129. The smallest absolute Gasteiger partial charge is 0.255 e. The molecule has 2 heterocycles. The van der Waals surface area contributed by atoms with Gasteiger partial charge in [0.2, 0.25) is 5.91 Å². The number of rotatable bonds is 9. The van der Waals surface area contributed by atoms with Crippen LogP contribution in [0.5, 0.6) is 11.5 Å². The van der Waals surface area contributed by atoms with Crippen molar-refractivity contribution < 1.29 is 28.6 Å². The van der Waals surface area contributed by atoms with Gasteiger partial charge in [-0.2, -0.15) is 0 Å². The van der Waals surface area contributed by atoms with Crippen molar-refractivity contribution in [3.8, 4) is 22.8 Å². The van der Waals surface area contributed by atoms with E-state index in [1.54, 1.807) is 13.0 Å². The van der Waals surface area contributed by atoms with Gasteiger partial charge in [-0.25, -0.2) is 14.4 Å². The Bertz CT molecular complexity index is 1380. The predicted molar refractivity (Wildman–Crippen MR) is 142 cm³/mol. The topological polar surface area (TPSA) is 138 Å². The van der Waals surface area contributed by atoms with E-state index in [0.717, 1.165) is 12.8 Å². The number of carbonyl (C=O) groups excluding carboxylic acids is 2. The summed E-state index contributed by atoms with van der Waals surface area (Å²) in [6.45, 7) is 3.74. The zero-order chi connectivity index (χ0) is 27.7. The second-order valence-electron chi connectivity index (χ2n) is 10.5. The highest BCUT2D eigenvalue weighted by Crippen LogP contribution is 2.39. The monoisotopic (exact) mass is 539 g/mol. The van der Waals surface area contributed by atoms with Crippen LogP contribution in [0.15, 0.2) is 18.5 Å². The van der Waals surface area contributed by atoms with Crippen LogP contribution in [-0.4, -0.2) is 63.8 Å². The van der Waals surface area contributed by atoms with Crippen LogP contribution in [0.2, 0.25) is 0 Å². The molecule has 2 amide bonds. The zero-order valence-corrected chi connectivity index (χ0v) is 22.3. The lowest BCUT2D eigenvalue weighted by Crippen LogP contribution is -2.46. The maximum atomic E-state index is 14.6. The number of hydrogen-bond donors (Lipinski definition) is 4. The normalized spacial score (nSPS) is 19.9. The zero-order valence-electron chi connectivity index (χ0n) is 22.3. The molecule has 3 aromatic rings. The first-order chi connectivity index (χ1) is 18.7. The Balaban J connectivity index is 1.38. The number of aryl methyl sites for hydroxylation is 1. The van der Waals surface area contributed by atoms with E-state index in [1.165, 1.54) is 26.4 Å². The number of H-pyrrole nitrogens is 1. The Labute approximate surface area is 225 Å². The summed E-state index contributed by atoms with van der Waals surface area (Å²) < 4.78 is 25.8. The lowest BCUT2D eigenvalue weighted by atomic mass is 9.90. The lowest BCUT2D eigenvalue weighted by Gasteiger charge is -2.30. The summed E-state index contributed by atoms with van der Waals surface area (Å²) >= 11 is 0. The van der Waals surface area contributed by atoms with Crippen molar-refractivity contribution in [3.05, 3.63) is 35.5 Å². The number of halogens is 1. The molecule has 2 fully saturated rings. The van der Waals surface area contributed by atoms with E-state index in [1.807, 2.05) is 0 Å². The molecule has 0 radical (unpaired) electrons. The van der Waals surface area contributed by atoms with Crippen molar-refractivity contribution in [2.24, 2.45) is 5.92 Å². The van der Waals surface area contributed by atoms with Crippen molar-refractivity contribution in [2.75, 3.05) is 13.7 Å². The molecule has 0 bridgehead atoms. The van der Waals surface area contributed by atoms with Gasteiger partial charge < -0.3 is 30.2 Å². The number of aliphatic hydroxyl groups excluding tert-OH is 1. The summed E-state index contributed by atoms with van der Waals surface area (Å²) in [7, 11) is 1.40. The van der Waals surface area contributed by atoms with E-state index in [4.69, 9.17) is 9.47 Å². The van der Waals surface area contributed by atoms with Crippen LogP contribution in [-0.2, 0) is 4.79 Å². The summed E-state index contributed by atoms with van der Waals surface area (Å²) in [5.74, 6) is -0.259. The number of nitrogens with one attached hydrogen (secondary N) is 3. The summed E-state index contributed by atoms with van der Waals surface area (Å²) in [6, 6.07) is 2.80. The van der Waals surface area contributed by atoms with Crippen molar-refractivity contribution in [3.63, 3.8) is 0 Å². The molecule has 39 heavy (non-hydrogen) atoms. The van der Waals surface area contributed by atoms with Gasteiger partial charge in [-0.15, -0.1) is 0 Å². The molecule has 4 N–H and O–H groups in total. The van der Waals surface area contributed by atoms with E-state index < -0.39 is 11.9 Å². The van der Waals surface area contributed by atoms with Crippen LogP contribution in [0, 0.1) is 18.7 Å². The summed E-state index contributed by atoms with van der Waals surface area (Å²) in [4.78, 5) is 37.3. The third-order valence-corrected chi connectivity index (χ3v) is 7.47. The molecular formula is C28H34FN5O5. The third-order valence-electron chi connectivity index (χ3n) is 7.47. The first-order valence-electron chi connectivity index (χ1n) is 13.4. The molecule has 5 rings (SSSR count). The fourth-order valence-corrected chi connectivity index (χ4v) is 5.05. The quantitative estimate of drug-likeness (QED) is 0.327. The molecule has 0 spiro atoms. The van der Waals surface area contributed by atoms with Crippen molar-refractivity contribution in [1.29, 1.82) is 0 Å². The molecule has 11 heteroatoms. The molecule has 1 atom stereocenters. The fraction of sp³-hybridized carbons (Fsp3) is 0.500. The number of benzene rings is 1. The Morgan fingerprint density at radius 3 is 2.44 bits per heavy atom. The number of carbonyl (C=O) groups is 2. The average Bonchev–Trinajstić information content (AvgIpc) is 3.68. The van der Waals surface area contributed by atoms with Gasteiger partial charge in [0, 0.05) is 29.4 Å². The minimum atomic E-state index is -1.05. The number of aromatic nitrogens is 3. The van der Waals surface area contributed by atoms with Gasteiger partial charge in [0.1, 0.15) is 29.4 Å². The minimum absolute atomic E-state index is 0.0191. The van der Waals surface area contributed by atoms with Gasteiger partial charge in [-0.05, 0) is 64.4 Å². The number of amides is 2. The first kappa shape index (κ1) is 26.9. The van der Waals surface area contributed by atoms with Crippen LogP contribution >= 0.6 is 0 Å². The fourth-order valence-electron chi connectivity index (χ4n) is 5.05. The number of ether oxygens (including phenoxy) is 2. The standard InChI is InChI=1S/C28H34FN5O5/c1-14-23(28(37)34-18-8-6-17(7-9-18)33-27(36)15(2)35)25-26(32-14)24(30-13-31-25)19-10-22(38-3)20(29)11-21(19)39-12-16-4-5-16/h10-11,13,15-18,32,35H,4-9,12H2,1-3H3,(H,33,36)(H,34,37)/t15-,17-,18-/m0/s1. The molecule has 1 aromatic carbocycles. The van der Waals surface area contributed by atoms with Crippen molar-refractivity contribution in [1.82, 2.24) is 25.6 Å². The highest BCUT2D eigenvalue weighted by molar-refractivity contribution is 6.09. The second-order valence-corrected chi connectivity index (χ2v) is 10.5. The predicted octanol–water partition coefficient (Wildman–Crippen LogP) is 3.41. The van der Waals surface area contributed by atoms with Crippen LogP contribution in [0.4, 0.5) is 4.39 Å². The first-order valence-corrected chi connectivity index (χ1v) is 13.4. The molecule has 0 saturated heterocycles. The van der Waals surface area contributed by atoms with Crippen LogP contribution in [0.3, 0.4) is 0 Å². The Hall–Kier alpha value is -3.73. The van der Waals surface area contributed by atoms with Gasteiger partial charge in [0.25, 0.3) is 5.91 Å².